The van der Waals surface area contributed by atoms with Crippen molar-refractivity contribution in [1.82, 2.24) is 9.80 Å². The van der Waals surface area contributed by atoms with Gasteiger partial charge in [-0.3, -0.25) is 19.4 Å². The molecule has 1 N–H and O–H groups in total. The summed E-state index contributed by atoms with van der Waals surface area (Å²) < 4.78 is 8.16. The molecule has 3 heterocycles. The summed E-state index contributed by atoms with van der Waals surface area (Å²) in [7, 11) is 5.41. The Bertz CT molecular complexity index is 1100. The fourth-order valence-corrected chi connectivity index (χ4v) is 3.67. The van der Waals surface area contributed by atoms with Crippen LogP contribution in [0.2, 0.25) is 0 Å². The van der Waals surface area contributed by atoms with Crippen molar-refractivity contribution in [2.24, 2.45) is 5.92 Å². The maximum absolute atomic E-state index is 13.1. The quantitative estimate of drug-likeness (QED) is 0.363. The Morgan fingerprint density at radius 3 is 2.17 bits per heavy atom. The molecule has 1 atom stereocenters. The number of nitrogens with zero attached hydrogens (tertiary/aromatic N) is 4. The molecule has 1 aromatic rings. The van der Waals surface area contributed by atoms with Crippen LogP contribution in [-0.2, 0) is 14.4 Å². The summed E-state index contributed by atoms with van der Waals surface area (Å²) in [6.07, 6.45) is 0. The molecule has 0 aromatic heterocycles. The van der Waals surface area contributed by atoms with Crippen LogP contribution in [0.3, 0.4) is 0 Å². The average Bonchev–Trinajstić information content (AvgIpc) is 2.73. The number of hydrogen-bond acceptors (Lipinski definition) is 5. The number of ether oxygens (including phenoxy) is 1. The molecule has 29 heavy (non-hydrogen) atoms. The molecule has 0 saturated carbocycles. The summed E-state index contributed by atoms with van der Waals surface area (Å²) >= 11 is 0. The topological polar surface area (TPSA) is 110 Å². The van der Waals surface area contributed by atoms with Crippen molar-refractivity contribution >= 4 is 41.2 Å². The van der Waals surface area contributed by atoms with E-state index in [0.717, 1.165) is 14.4 Å². The Balaban J connectivity index is 2.10. The Morgan fingerprint density at radius 1 is 0.966 bits per heavy atom. The fourth-order valence-electron chi connectivity index (χ4n) is 3.67. The largest absolute Gasteiger partial charge is 0.633 e. The summed E-state index contributed by atoms with van der Waals surface area (Å²) in [5.41, 5.74) is 0.245. The first-order valence-corrected chi connectivity index (χ1v) is 8.72. The van der Waals surface area contributed by atoms with Gasteiger partial charge in [0, 0.05) is 25.2 Å². The van der Waals surface area contributed by atoms with E-state index in [-0.39, 0.29) is 23.1 Å². The normalized spacial score (nSPS) is 22.3. The Kier molecular flexibility index (Phi) is 3.89. The van der Waals surface area contributed by atoms with Gasteiger partial charge in [0.2, 0.25) is 5.92 Å². The molecule has 1 aromatic carbocycles. The van der Waals surface area contributed by atoms with Crippen molar-refractivity contribution in [1.29, 1.82) is 0 Å². The van der Waals surface area contributed by atoms with E-state index in [2.05, 4.69) is 0 Å². The lowest BCUT2D eigenvalue weighted by Gasteiger charge is -2.33. The third kappa shape index (κ3) is 2.35. The molecular weight excluding hydrogens is 380 g/mol. The smallest absolute Gasteiger partial charge is 0.407 e. The van der Waals surface area contributed by atoms with Gasteiger partial charge in [0.1, 0.15) is 11.3 Å². The number of para-hydroxylation sites is 1. The predicted molar refractivity (Wildman–Crippen MR) is 98.4 cm³/mol. The maximum Gasteiger partial charge on any atom is 0.633 e. The number of rotatable bonds is 0. The Morgan fingerprint density at radius 2 is 1.55 bits per heavy atom. The van der Waals surface area contributed by atoms with Gasteiger partial charge < -0.3 is 9.84 Å². The third-order valence-corrected chi connectivity index (χ3v) is 5.32. The van der Waals surface area contributed by atoms with Crippen LogP contribution in [0.25, 0.3) is 5.57 Å². The van der Waals surface area contributed by atoms with Crippen molar-refractivity contribution in [3.8, 4) is 5.75 Å². The van der Waals surface area contributed by atoms with Crippen molar-refractivity contribution in [2.45, 2.75) is 0 Å². The third-order valence-electron chi connectivity index (χ3n) is 5.32. The highest BCUT2D eigenvalue weighted by Gasteiger charge is 2.56. The molecular formula is C19H18N4O6+2. The van der Waals surface area contributed by atoms with Crippen LogP contribution in [-0.4, -0.2) is 87.9 Å². The van der Waals surface area contributed by atoms with Gasteiger partial charge in [0.15, 0.2) is 14.1 Å². The second-order valence-corrected chi connectivity index (χ2v) is 6.93. The Hall–Kier alpha value is -3.82. The van der Waals surface area contributed by atoms with Gasteiger partial charge in [-0.2, -0.15) is 0 Å². The number of carbonyl (C=O) groups is 4. The molecule has 0 aliphatic carbocycles. The van der Waals surface area contributed by atoms with E-state index >= 15 is 0 Å². The van der Waals surface area contributed by atoms with Crippen molar-refractivity contribution in [3.63, 3.8) is 0 Å². The number of carbonyl (C=O) groups excluding carboxylic acids is 4. The van der Waals surface area contributed by atoms with Crippen LogP contribution in [0.4, 0.5) is 4.79 Å². The summed E-state index contributed by atoms with van der Waals surface area (Å²) in [5.74, 6) is -2.94. The summed E-state index contributed by atoms with van der Waals surface area (Å²) in [5, 5.41) is 10.3. The molecule has 10 nitrogen and oxygen atoms in total. The molecule has 3 aliphatic rings. The van der Waals surface area contributed by atoms with E-state index < -0.39 is 29.7 Å². The minimum atomic E-state index is -1.14. The highest BCUT2D eigenvalue weighted by molar-refractivity contribution is 6.34. The molecule has 148 valence electrons. The molecule has 0 radical (unpaired) electrons. The SMILES string of the molecule is CN1C(=O)C(=C2c3ccccc3OC3=[N+](C)C(O)=[N+](C)C(=O)C23)C(=O)N(C)C1=O. The van der Waals surface area contributed by atoms with Crippen molar-refractivity contribution in [3.05, 3.63) is 35.4 Å². The number of hydrogen-bond donors (Lipinski definition) is 1. The number of amidine groups is 1. The molecule has 1 saturated heterocycles. The number of urea groups is 1. The lowest BCUT2D eigenvalue weighted by molar-refractivity contribution is -0.534. The summed E-state index contributed by atoms with van der Waals surface area (Å²) in [6.45, 7) is 0. The van der Waals surface area contributed by atoms with Gasteiger partial charge in [0.25, 0.3) is 11.8 Å². The summed E-state index contributed by atoms with van der Waals surface area (Å²) in [6, 6.07) is 5.54. The monoisotopic (exact) mass is 398 g/mol. The number of aliphatic hydroxyl groups excluding tert-OH is 1. The van der Waals surface area contributed by atoms with E-state index in [0.29, 0.717) is 11.3 Å². The van der Waals surface area contributed by atoms with Crippen LogP contribution < -0.4 is 4.74 Å². The zero-order chi connectivity index (χ0) is 21.2. The number of amides is 5. The van der Waals surface area contributed by atoms with E-state index in [9.17, 15) is 24.3 Å². The molecule has 1 unspecified atom stereocenters. The molecule has 0 spiro atoms. The standard InChI is InChI=1S/C19H17N4O6/c1-20-14(24)12(15(25)21(2)18(20)27)11-9-7-5-6-8-10(9)29-17-13(11)16(26)22(3)19(28)23(17)4/h5-8,13H,1-4H3/q+1/p+1. The number of fused-ring (bicyclic) bond motifs is 2. The van der Waals surface area contributed by atoms with E-state index in [1.165, 1.54) is 32.8 Å². The van der Waals surface area contributed by atoms with E-state index in [1.54, 1.807) is 24.3 Å². The molecule has 10 heteroatoms. The van der Waals surface area contributed by atoms with Gasteiger partial charge in [0.05, 0.1) is 0 Å². The molecule has 0 bridgehead atoms. The second-order valence-electron chi connectivity index (χ2n) is 6.93. The number of barbiturate groups is 1. The predicted octanol–water partition coefficient (Wildman–Crippen LogP) is -0.363. The summed E-state index contributed by atoms with van der Waals surface area (Å²) in [4.78, 5) is 52.8. The molecule has 4 rings (SSSR count). The number of likely N-dealkylation sites (N-methyl/N-ethyl adjacent to an activating group) is 2. The maximum atomic E-state index is 13.1. The first kappa shape index (κ1) is 18.5. The van der Waals surface area contributed by atoms with Crippen molar-refractivity contribution in [2.75, 3.05) is 28.2 Å². The molecule has 1 fully saturated rings. The number of benzene rings is 1. The zero-order valence-electron chi connectivity index (χ0n) is 16.2. The Labute approximate surface area is 165 Å². The highest BCUT2D eigenvalue weighted by Crippen LogP contribution is 2.42. The fraction of sp³-hybridized carbons (Fsp3) is 0.263. The first-order chi connectivity index (χ1) is 13.7. The van der Waals surface area contributed by atoms with Gasteiger partial charge in [-0.05, 0) is 6.07 Å². The minimum Gasteiger partial charge on any atom is -0.407 e. The van der Waals surface area contributed by atoms with Crippen LogP contribution in [0.5, 0.6) is 5.75 Å². The zero-order valence-corrected chi connectivity index (χ0v) is 16.2. The van der Waals surface area contributed by atoms with Gasteiger partial charge in [-0.15, -0.1) is 0 Å². The van der Waals surface area contributed by atoms with Crippen LogP contribution >= 0.6 is 0 Å². The lowest BCUT2D eigenvalue weighted by Crippen LogP contribution is -2.55. The first-order valence-electron chi connectivity index (χ1n) is 8.72. The van der Waals surface area contributed by atoms with E-state index in [4.69, 9.17) is 4.74 Å². The van der Waals surface area contributed by atoms with Gasteiger partial charge in [-0.25, -0.2) is 9.59 Å². The minimum absolute atomic E-state index is 0.0645. The molecule has 3 aliphatic heterocycles. The van der Waals surface area contributed by atoms with E-state index in [1.807, 2.05) is 0 Å². The van der Waals surface area contributed by atoms with Crippen LogP contribution in [0.15, 0.2) is 29.8 Å². The lowest BCUT2D eigenvalue weighted by atomic mass is 9.83. The van der Waals surface area contributed by atoms with Crippen LogP contribution in [0, 0.1) is 5.92 Å². The van der Waals surface area contributed by atoms with Gasteiger partial charge in [-0.1, -0.05) is 27.4 Å². The number of aliphatic hydroxyl groups is 1. The highest BCUT2D eigenvalue weighted by atomic mass is 16.5. The second kappa shape index (κ2) is 6.09. The van der Waals surface area contributed by atoms with Gasteiger partial charge >= 0.3 is 23.9 Å². The van der Waals surface area contributed by atoms with Crippen molar-refractivity contribution < 1.29 is 38.2 Å². The average molecular weight is 398 g/mol. The van der Waals surface area contributed by atoms with Crippen LogP contribution in [0.1, 0.15) is 5.56 Å². The number of imide groups is 2. The molecule has 5 amide bonds.